The summed E-state index contributed by atoms with van der Waals surface area (Å²) >= 11 is 0. The highest BCUT2D eigenvalue weighted by Crippen LogP contribution is 2.63. The van der Waals surface area contributed by atoms with Gasteiger partial charge in [-0.2, -0.15) is 0 Å². The molecule has 28 rings (SSSR count). The van der Waals surface area contributed by atoms with Gasteiger partial charge in [0.2, 0.25) is 0 Å². The normalized spacial score (nSPS) is 22.5. The van der Waals surface area contributed by atoms with E-state index in [1.165, 1.54) is 244 Å². The summed E-state index contributed by atoms with van der Waals surface area (Å²) in [5, 5.41) is 0. The second kappa shape index (κ2) is 26.9. The van der Waals surface area contributed by atoms with Gasteiger partial charge in [0, 0.05) is 120 Å². The van der Waals surface area contributed by atoms with Crippen LogP contribution in [0.25, 0.3) is 66.8 Å². The maximum atomic E-state index is 3.06. The molecule has 0 N–H and O–H groups in total. The first-order valence-corrected chi connectivity index (χ1v) is 44.3. The first-order chi connectivity index (χ1) is 59.0. The molecule has 8 heterocycles. The highest BCUT2D eigenvalue weighted by atomic mass is 15.3. The number of hydrogen-bond acceptors (Lipinski definition) is 6. The lowest BCUT2D eigenvalue weighted by atomic mass is 9.30. The summed E-state index contributed by atoms with van der Waals surface area (Å²) in [6, 6.07) is 138. The Morgan fingerprint density at radius 2 is 0.571 bits per heavy atom. The molecule has 6 unspecified atom stereocenters. The van der Waals surface area contributed by atoms with E-state index in [0.29, 0.717) is 30.1 Å². The number of benzene rings is 15. The summed E-state index contributed by atoms with van der Waals surface area (Å²) in [7, 11) is 0. The lowest BCUT2D eigenvalue weighted by Crippen LogP contribution is -2.67. The average molecular weight is 1530 g/mol. The van der Waals surface area contributed by atoms with E-state index >= 15 is 0 Å². The van der Waals surface area contributed by atoms with Gasteiger partial charge >= 0.3 is 0 Å². The van der Waals surface area contributed by atoms with Crippen molar-refractivity contribution in [1.82, 2.24) is 0 Å². The highest BCUT2D eigenvalue weighted by Gasteiger charge is 2.59. The van der Waals surface area contributed by atoms with E-state index in [9.17, 15) is 0 Å². The van der Waals surface area contributed by atoms with Gasteiger partial charge in [0.1, 0.15) is 0 Å². The molecule has 5 aliphatic carbocycles. The van der Waals surface area contributed by atoms with E-state index < -0.39 is 0 Å². The molecule has 15 aromatic rings. The van der Waals surface area contributed by atoms with E-state index in [2.05, 4.69) is 381 Å². The lowest BCUT2D eigenvalue weighted by Gasteiger charge is -2.66. The zero-order chi connectivity index (χ0) is 77.7. The zero-order valence-electron chi connectivity index (χ0n) is 66.9. The van der Waals surface area contributed by atoms with E-state index in [-0.39, 0.29) is 13.4 Å². The molecular formula is C111H90B2N6. The summed E-state index contributed by atoms with van der Waals surface area (Å²) in [6.07, 6.45) is 14.3. The maximum absolute atomic E-state index is 3.06. The van der Waals surface area contributed by atoms with Crippen LogP contribution in [0, 0.1) is 35.5 Å². The van der Waals surface area contributed by atoms with Gasteiger partial charge in [-0.15, -0.1) is 0 Å². The predicted molar refractivity (Wildman–Crippen MR) is 499 cm³/mol. The quantitative estimate of drug-likeness (QED) is 0.113. The molecule has 0 amide bonds. The Bertz CT molecular complexity index is 6360. The minimum absolute atomic E-state index is 0.196. The first-order valence-electron chi connectivity index (χ1n) is 44.3. The van der Waals surface area contributed by atoms with Crippen LogP contribution in [0.15, 0.2) is 352 Å². The maximum Gasteiger partial charge on any atom is 0.252 e. The summed E-state index contributed by atoms with van der Waals surface area (Å²) in [5.74, 6) is 4.77. The van der Waals surface area contributed by atoms with Crippen LogP contribution < -0.4 is 62.2 Å². The lowest BCUT2D eigenvalue weighted by molar-refractivity contribution is -0.0593. The van der Waals surface area contributed by atoms with Gasteiger partial charge in [0.05, 0.1) is 17.1 Å². The Morgan fingerprint density at radius 3 is 0.992 bits per heavy atom. The van der Waals surface area contributed by atoms with Gasteiger partial charge in [-0.05, 0) is 220 Å². The van der Waals surface area contributed by atoms with Gasteiger partial charge in [-0.1, -0.05) is 304 Å². The number of anilines is 14. The van der Waals surface area contributed by atoms with E-state index in [1.54, 1.807) is 0 Å². The van der Waals surface area contributed by atoms with Crippen molar-refractivity contribution in [3.63, 3.8) is 0 Å². The molecule has 13 aliphatic rings. The molecule has 10 bridgehead atoms. The van der Waals surface area contributed by atoms with Gasteiger partial charge in [-0.25, -0.2) is 0 Å². The summed E-state index contributed by atoms with van der Waals surface area (Å²) < 4.78 is 0. The fourth-order valence-corrected chi connectivity index (χ4v) is 26.3. The summed E-state index contributed by atoms with van der Waals surface area (Å²) in [5.41, 5.74) is 39.5. The SMILES string of the molecule is c1ccc(-c2cccc(-c3ccccc3)c2N2c3ccccc3B3c4cc5c(cc4N(c4ccccc4)c4cc(N6C7CC8CC6C6CCCC8C6C7)cc2c43)N(c2c(-c3ccccc3)cccc2-c2ccccc2)c2cc(N3C4CC6CC(C4)CC3C6)cc3c2B5c2ccccc2N3c2c(-c3ccccc3)cccc2-c2ccccc2)cc1. The molecule has 15 aromatic carbocycles. The molecule has 0 spiro atoms. The minimum atomic E-state index is -0.223. The number of rotatable bonds is 12. The van der Waals surface area contributed by atoms with Crippen molar-refractivity contribution >= 4 is 126 Å². The first kappa shape index (κ1) is 68.3. The molecule has 8 heteroatoms. The molecule has 4 saturated heterocycles. The van der Waals surface area contributed by atoms with Crippen LogP contribution in [0.3, 0.4) is 0 Å². The molecular weight excluding hydrogens is 1440 g/mol. The Hall–Kier alpha value is -12.8. The van der Waals surface area contributed by atoms with Crippen LogP contribution in [-0.4, -0.2) is 37.6 Å². The second-order valence-electron chi connectivity index (χ2n) is 36.4. The fourth-order valence-electron chi connectivity index (χ4n) is 26.3. The number of nitrogens with zero attached hydrogens (tertiary/aromatic N) is 6. The number of para-hydroxylation sites is 6. The van der Waals surface area contributed by atoms with Crippen molar-refractivity contribution < 1.29 is 0 Å². The van der Waals surface area contributed by atoms with Crippen LogP contribution in [0.2, 0.25) is 0 Å². The van der Waals surface area contributed by atoms with Crippen molar-refractivity contribution in [3.05, 3.63) is 352 Å². The third-order valence-corrected chi connectivity index (χ3v) is 30.5. The van der Waals surface area contributed by atoms with Crippen LogP contribution in [0.1, 0.15) is 70.6 Å². The van der Waals surface area contributed by atoms with Crippen molar-refractivity contribution in [3.8, 4) is 66.8 Å². The van der Waals surface area contributed by atoms with E-state index in [1.807, 2.05) is 0 Å². The van der Waals surface area contributed by atoms with Crippen LogP contribution in [0.4, 0.5) is 79.6 Å². The van der Waals surface area contributed by atoms with Crippen LogP contribution in [0.5, 0.6) is 0 Å². The second-order valence-corrected chi connectivity index (χ2v) is 36.4. The minimum Gasteiger partial charge on any atom is -0.365 e. The topological polar surface area (TPSA) is 19.4 Å². The Kier molecular flexibility index (Phi) is 15.4. The fraction of sp³-hybridized carbons (Fsp3) is 0.189. The average Bonchev–Trinajstić information content (AvgIpc) is 0.677. The summed E-state index contributed by atoms with van der Waals surface area (Å²) in [4.78, 5) is 17.2. The molecule has 6 nitrogen and oxygen atoms in total. The van der Waals surface area contributed by atoms with Gasteiger partial charge in [-0.3, -0.25) is 0 Å². The molecule has 0 radical (unpaired) electrons. The van der Waals surface area contributed by atoms with E-state index in [4.69, 9.17) is 0 Å². The third kappa shape index (κ3) is 10.3. The zero-order valence-corrected chi connectivity index (χ0v) is 66.9. The molecule has 8 aliphatic heterocycles. The van der Waals surface area contributed by atoms with Crippen molar-refractivity contribution in [2.45, 2.75) is 94.8 Å². The Labute approximate surface area is 699 Å². The molecule has 0 aromatic heterocycles. The molecule has 119 heavy (non-hydrogen) atoms. The standard InChI is InChI=1S/C111H90B2N6/c1-8-30-72(31-9-1)86-45-27-46-87(73-32-10-2-11-33-73)109(86)117-99-55-25-23-53-95(99)113-97-68-96-101(69-102(97)119(111-90(76-38-16-5-17-39-76)49-29-50-91(111)77-40-18-6-19-41-77)106-65-83(64-104(117)108(106)113)114-80-57-70-56-71(59-80)60-81(114)58-70)116(79-42-20-7-21-43-79)103-66-84(115-82-61-78-62-100(115)92-51-26-44-85(78)93(92)63-82)67-105-107(103)112(96)94-52-22-24-54-98(94)118(105)110-88(74-34-12-3-13-35-74)47-28-48-89(110)75-36-14-4-15-37-75/h1-25,27-43,45-50,52-55,64-71,78,80-82,85,92-93,100H,26,44,51,56-63H2. The number of fused-ring (bicyclic) bond motifs is 8. The molecule has 6 atom stereocenters. The number of piperidine rings is 4. The van der Waals surface area contributed by atoms with Gasteiger partial charge in [0.25, 0.3) is 13.4 Å². The number of hydrogen-bond donors (Lipinski definition) is 0. The molecule has 9 fully saturated rings. The highest BCUT2D eigenvalue weighted by molar-refractivity contribution is 7.03. The Balaban J connectivity index is 0.803. The van der Waals surface area contributed by atoms with Crippen molar-refractivity contribution in [2.24, 2.45) is 35.5 Å². The Morgan fingerprint density at radius 1 is 0.227 bits per heavy atom. The van der Waals surface area contributed by atoms with Crippen LogP contribution in [-0.2, 0) is 0 Å². The third-order valence-electron chi connectivity index (χ3n) is 30.5. The van der Waals surface area contributed by atoms with Gasteiger partial charge < -0.3 is 29.4 Å². The molecule has 5 saturated carbocycles. The molecule has 570 valence electrons. The van der Waals surface area contributed by atoms with E-state index in [0.717, 1.165) is 35.3 Å². The largest absolute Gasteiger partial charge is 0.365 e. The smallest absolute Gasteiger partial charge is 0.252 e. The van der Waals surface area contributed by atoms with Crippen molar-refractivity contribution in [2.75, 3.05) is 29.4 Å². The monoisotopic (exact) mass is 1530 g/mol. The van der Waals surface area contributed by atoms with Crippen LogP contribution >= 0.6 is 0 Å². The predicted octanol–water partition coefficient (Wildman–Crippen LogP) is 24.0. The summed E-state index contributed by atoms with van der Waals surface area (Å²) in [6.45, 7) is -0.420. The van der Waals surface area contributed by atoms with Crippen molar-refractivity contribution in [1.29, 1.82) is 0 Å². The van der Waals surface area contributed by atoms with Gasteiger partial charge in [0.15, 0.2) is 0 Å².